The van der Waals surface area contributed by atoms with Crippen LogP contribution in [0, 0.1) is 11.8 Å². The molecule has 0 aromatic carbocycles. The Labute approximate surface area is 129 Å². The lowest BCUT2D eigenvalue weighted by atomic mass is 9.99. The molecule has 0 saturated carbocycles. The molecule has 0 aromatic rings. The lowest BCUT2D eigenvalue weighted by Gasteiger charge is -2.30. The zero-order valence-corrected chi connectivity index (χ0v) is 13.9. The van der Waals surface area contributed by atoms with E-state index in [0.29, 0.717) is 25.4 Å². The zero-order valence-electron chi connectivity index (χ0n) is 13.9. The zero-order chi connectivity index (χ0) is 15.7. The smallest absolute Gasteiger partial charge is 0.314 e. The Bertz CT molecular complexity index is 289. The summed E-state index contributed by atoms with van der Waals surface area (Å²) in [5.41, 5.74) is 0. The molecule has 21 heavy (non-hydrogen) atoms. The summed E-state index contributed by atoms with van der Waals surface area (Å²) in [5, 5.41) is 15.3. The van der Waals surface area contributed by atoms with Crippen LogP contribution in [0.4, 0.5) is 4.79 Å². The second-order valence-electron chi connectivity index (χ2n) is 6.80. The Hall–Kier alpha value is -0.810. The molecule has 0 radical (unpaired) electrons. The van der Waals surface area contributed by atoms with Crippen LogP contribution in [-0.4, -0.2) is 54.9 Å². The number of nitrogens with one attached hydrogen (secondary N) is 2. The summed E-state index contributed by atoms with van der Waals surface area (Å²) in [4.78, 5) is 14.1. The molecule has 1 atom stereocenters. The molecule has 5 nitrogen and oxygen atoms in total. The van der Waals surface area contributed by atoms with Gasteiger partial charge in [-0.1, -0.05) is 20.8 Å². The van der Waals surface area contributed by atoms with Gasteiger partial charge in [-0.3, -0.25) is 0 Å². The van der Waals surface area contributed by atoms with Gasteiger partial charge < -0.3 is 20.6 Å². The minimum atomic E-state index is -0.453. The molecule has 0 spiro atoms. The summed E-state index contributed by atoms with van der Waals surface area (Å²) < 4.78 is 0. The number of urea groups is 1. The Balaban J connectivity index is 1.98. The van der Waals surface area contributed by atoms with Crippen LogP contribution in [0.3, 0.4) is 0 Å². The van der Waals surface area contributed by atoms with Crippen LogP contribution in [0.25, 0.3) is 0 Å². The van der Waals surface area contributed by atoms with E-state index >= 15 is 0 Å². The Kier molecular flexibility index (Phi) is 8.69. The normalized spacial score (nSPS) is 18.7. The fraction of sp³-hybridized carbons (Fsp3) is 0.938. The summed E-state index contributed by atoms with van der Waals surface area (Å²) >= 11 is 0. The second-order valence-corrected chi connectivity index (χ2v) is 6.80. The van der Waals surface area contributed by atoms with Gasteiger partial charge in [0.25, 0.3) is 0 Å². The van der Waals surface area contributed by atoms with E-state index in [-0.39, 0.29) is 6.03 Å². The summed E-state index contributed by atoms with van der Waals surface area (Å²) in [5.74, 6) is 1.31. The number of likely N-dealkylation sites (tertiary alicyclic amines) is 1. The molecule has 1 aliphatic rings. The number of hydrogen-bond donors (Lipinski definition) is 3. The topological polar surface area (TPSA) is 64.6 Å². The number of aliphatic hydroxyl groups excluding tert-OH is 1. The number of piperidine rings is 1. The van der Waals surface area contributed by atoms with E-state index in [1.165, 1.54) is 25.9 Å². The van der Waals surface area contributed by atoms with Crippen LogP contribution in [0.1, 0.15) is 46.5 Å². The minimum absolute atomic E-state index is 0.176. The maximum Gasteiger partial charge on any atom is 0.314 e. The molecule has 1 unspecified atom stereocenters. The second kappa shape index (κ2) is 10.0. The maximum absolute atomic E-state index is 11.6. The van der Waals surface area contributed by atoms with Crippen LogP contribution < -0.4 is 10.6 Å². The van der Waals surface area contributed by atoms with Crippen molar-refractivity contribution in [3.63, 3.8) is 0 Å². The minimum Gasteiger partial charge on any atom is -0.391 e. The Morgan fingerprint density at radius 3 is 2.57 bits per heavy atom. The molecule has 2 amide bonds. The fourth-order valence-corrected chi connectivity index (χ4v) is 2.69. The van der Waals surface area contributed by atoms with E-state index in [0.717, 1.165) is 18.9 Å². The molecule has 1 saturated heterocycles. The summed E-state index contributed by atoms with van der Waals surface area (Å²) in [7, 11) is 0. The highest BCUT2D eigenvalue weighted by molar-refractivity contribution is 5.73. The molecule has 0 aromatic heterocycles. The van der Waals surface area contributed by atoms with Crippen LogP contribution in [0.15, 0.2) is 0 Å². The fourth-order valence-electron chi connectivity index (χ4n) is 2.69. The van der Waals surface area contributed by atoms with E-state index in [1.807, 2.05) is 0 Å². The van der Waals surface area contributed by atoms with Gasteiger partial charge in [0.05, 0.1) is 6.10 Å². The molecule has 1 aliphatic heterocycles. The van der Waals surface area contributed by atoms with Crippen molar-refractivity contribution in [2.45, 2.75) is 52.6 Å². The van der Waals surface area contributed by atoms with Crippen molar-refractivity contribution >= 4 is 6.03 Å². The Morgan fingerprint density at radius 1 is 1.29 bits per heavy atom. The summed E-state index contributed by atoms with van der Waals surface area (Å²) in [6, 6.07) is -0.176. The van der Waals surface area contributed by atoms with E-state index < -0.39 is 6.10 Å². The quantitative estimate of drug-likeness (QED) is 0.599. The van der Waals surface area contributed by atoms with Crippen LogP contribution in [-0.2, 0) is 0 Å². The standard InChI is InChI=1S/C16H33N3O2/c1-13(2)11-15(20)12-18-16(21)17-7-4-8-19-9-5-14(3)6-10-19/h13-15,20H,4-12H2,1-3H3,(H2,17,18,21). The van der Waals surface area contributed by atoms with Gasteiger partial charge in [0.1, 0.15) is 0 Å². The van der Waals surface area contributed by atoms with Crippen molar-refractivity contribution in [2.75, 3.05) is 32.7 Å². The largest absolute Gasteiger partial charge is 0.391 e. The van der Waals surface area contributed by atoms with Crippen molar-refractivity contribution in [1.29, 1.82) is 0 Å². The molecule has 0 aliphatic carbocycles. The monoisotopic (exact) mass is 299 g/mol. The molecule has 1 rings (SSSR count). The number of nitrogens with zero attached hydrogens (tertiary/aromatic N) is 1. The van der Waals surface area contributed by atoms with E-state index in [1.54, 1.807) is 0 Å². The lowest BCUT2D eigenvalue weighted by Crippen LogP contribution is -2.41. The molecule has 0 bridgehead atoms. The third-order valence-corrected chi connectivity index (χ3v) is 4.05. The lowest BCUT2D eigenvalue weighted by molar-refractivity contribution is 0.146. The van der Waals surface area contributed by atoms with Gasteiger partial charge in [0.2, 0.25) is 0 Å². The first kappa shape index (κ1) is 18.2. The first-order valence-electron chi connectivity index (χ1n) is 8.39. The summed E-state index contributed by atoms with van der Waals surface area (Å²) in [6.45, 7) is 10.9. The van der Waals surface area contributed by atoms with Crippen molar-refractivity contribution < 1.29 is 9.90 Å². The van der Waals surface area contributed by atoms with E-state index in [4.69, 9.17) is 0 Å². The molecule has 1 heterocycles. The molecule has 5 heteroatoms. The highest BCUT2D eigenvalue weighted by Gasteiger charge is 2.15. The van der Waals surface area contributed by atoms with E-state index in [2.05, 4.69) is 36.3 Å². The molecule has 1 fully saturated rings. The van der Waals surface area contributed by atoms with Crippen LogP contribution in [0.5, 0.6) is 0 Å². The number of amides is 2. The van der Waals surface area contributed by atoms with Crippen molar-refractivity contribution in [3.05, 3.63) is 0 Å². The van der Waals surface area contributed by atoms with Gasteiger partial charge in [-0.2, -0.15) is 0 Å². The first-order chi connectivity index (χ1) is 9.97. The molecule has 124 valence electrons. The average Bonchev–Trinajstić information content (AvgIpc) is 2.42. The first-order valence-corrected chi connectivity index (χ1v) is 8.39. The maximum atomic E-state index is 11.6. The van der Waals surface area contributed by atoms with E-state index in [9.17, 15) is 9.90 Å². The molecular formula is C16H33N3O2. The predicted octanol–water partition coefficient (Wildman–Crippen LogP) is 1.81. The van der Waals surface area contributed by atoms with Gasteiger partial charge in [-0.25, -0.2) is 4.79 Å². The highest BCUT2D eigenvalue weighted by Crippen LogP contribution is 2.15. The van der Waals surface area contributed by atoms with Crippen LogP contribution in [0.2, 0.25) is 0 Å². The van der Waals surface area contributed by atoms with Crippen molar-refractivity contribution in [1.82, 2.24) is 15.5 Å². The molecule has 3 N–H and O–H groups in total. The van der Waals surface area contributed by atoms with Gasteiger partial charge in [-0.05, 0) is 57.2 Å². The number of rotatable bonds is 8. The van der Waals surface area contributed by atoms with Gasteiger partial charge in [0, 0.05) is 13.1 Å². The third-order valence-electron chi connectivity index (χ3n) is 4.05. The van der Waals surface area contributed by atoms with Crippen molar-refractivity contribution in [3.8, 4) is 0 Å². The average molecular weight is 299 g/mol. The number of aliphatic hydroxyl groups is 1. The molecular weight excluding hydrogens is 266 g/mol. The summed E-state index contributed by atoms with van der Waals surface area (Å²) in [6.07, 6.45) is 3.83. The number of carbonyl (C=O) groups is 1. The van der Waals surface area contributed by atoms with Crippen molar-refractivity contribution in [2.24, 2.45) is 11.8 Å². The Morgan fingerprint density at radius 2 is 1.95 bits per heavy atom. The number of carbonyl (C=O) groups excluding carboxylic acids is 1. The highest BCUT2D eigenvalue weighted by atomic mass is 16.3. The SMILES string of the molecule is CC(C)CC(O)CNC(=O)NCCCN1CCC(C)CC1. The third kappa shape index (κ3) is 8.94. The van der Waals surface area contributed by atoms with Crippen LogP contribution >= 0.6 is 0 Å². The van der Waals surface area contributed by atoms with Gasteiger partial charge in [0.15, 0.2) is 0 Å². The number of hydrogen-bond acceptors (Lipinski definition) is 3. The van der Waals surface area contributed by atoms with Gasteiger partial charge >= 0.3 is 6.03 Å². The van der Waals surface area contributed by atoms with Gasteiger partial charge in [-0.15, -0.1) is 0 Å². The predicted molar refractivity (Wildman–Crippen MR) is 86.3 cm³/mol.